The van der Waals surface area contributed by atoms with Crippen LogP contribution in [0.1, 0.15) is 12.5 Å². The van der Waals surface area contributed by atoms with E-state index in [1.165, 1.54) is 19.1 Å². The Bertz CT molecular complexity index is 526. The molecule has 0 heterocycles. The minimum Gasteiger partial charge on any atom is -0.337 e. The molecule has 0 aliphatic carbocycles. The van der Waals surface area contributed by atoms with E-state index < -0.39 is 26.0 Å². The van der Waals surface area contributed by atoms with E-state index in [-0.39, 0.29) is 4.90 Å². The van der Waals surface area contributed by atoms with E-state index >= 15 is 0 Å². The molecular formula is C11H13Cl2NO3S. The molecule has 0 saturated carbocycles. The predicted octanol–water partition coefficient (Wildman–Crippen LogP) is 2.03. The number of sulfone groups is 1. The number of hydrogen-bond acceptors (Lipinski definition) is 3. The fraction of sp³-hybridized carbons (Fsp3) is 0.364. The molecule has 1 atom stereocenters. The summed E-state index contributed by atoms with van der Waals surface area (Å²) in [5, 5.41) is 0.882. The molecule has 0 aromatic heterocycles. The molecule has 0 fully saturated rings. The molecule has 7 heteroatoms. The monoisotopic (exact) mass is 309 g/mol. The minimum absolute atomic E-state index is 0.0677. The van der Waals surface area contributed by atoms with Crippen molar-refractivity contribution in [2.45, 2.75) is 29.0 Å². The van der Waals surface area contributed by atoms with Gasteiger partial charge in [0.2, 0.25) is 15.7 Å². The number of carbonyl (C=O) groups excluding carboxylic acids is 1. The fourth-order valence-electron chi connectivity index (χ4n) is 1.35. The smallest absolute Gasteiger partial charge is 0.217 e. The van der Waals surface area contributed by atoms with E-state index in [4.69, 9.17) is 23.2 Å². The van der Waals surface area contributed by atoms with E-state index in [2.05, 4.69) is 5.32 Å². The summed E-state index contributed by atoms with van der Waals surface area (Å²) >= 11 is 11.3. The molecule has 0 aliphatic rings. The first kappa shape index (κ1) is 15.3. The molecule has 0 saturated heterocycles. The van der Waals surface area contributed by atoms with Gasteiger partial charge in [0, 0.05) is 6.92 Å². The van der Waals surface area contributed by atoms with Crippen molar-refractivity contribution in [3.63, 3.8) is 0 Å². The number of benzene rings is 1. The maximum Gasteiger partial charge on any atom is 0.217 e. The van der Waals surface area contributed by atoms with Crippen LogP contribution in [0.15, 0.2) is 29.2 Å². The topological polar surface area (TPSA) is 63.2 Å². The maximum absolute atomic E-state index is 12.2. The summed E-state index contributed by atoms with van der Waals surface area (Å²) in [6.45, 7) is 3.04. The second-order valence-corrected chi connectivity index (χ2v) is 7.05. The first-order valence-electron chi connectivity index (χ1n) is 5.11. The second-order valence-electron chi connectivity index (χ2n) is 3.81. The van der Waals surface area contributed by atoms with Gasteiger partial charge in [0.05, 0.1) is 4.90 Å². The number of nitrogens with one attached hydrogen (secondary N) is 1. The Morgan fingerprint density at radius 3 is 2.11 bits per heavy atom. The van der Waals surface area contributed by atoms with Crippen molar-refractivity contribution in [3.05, 3.63) is 29.8 Å². The van der Waals surface area contributed by atoms with Crippen LogP contribution in [0.4, 0.5) is 0 Å². The zero-order valence-corrected chi connectivity index (χ0v) is 12.2. The summed E-state index contributed by atoms with van der Waals surface area (Å²) in [5.74, 6) is -0.512. The van der Waals surface area contributed by atoms with Gasteiger partial charge in [-0.3, -0.25) is 4.79 Å². The molecule has 1 N–H and O–H groups in total. The number of halogens is 2. The first-order valence-corrected chi connectivity index (χ1v) is 7.53. The van der Waals surface area contributed by atoms with Gasteiger partial charge >= 0.3 is 0 Å². The van der Waals surface area contributed by atoms with Crippen molar-refractivity contribution >= 4 is 38.9 Å². The molecule has 1 aromatic carbocycles. The van der Waals surface area contributed by atoms with Gasteiger partial charge in [-0.2, -0.15) is 0 Å². The number of alkyl halides is 2. The van der Waals surface area contributed by atoms with Crippen molar-refractivity contribution < 1.29 is 13.2 Å². The zero-order chi connectivity index (χ0) is 13.9. The number of aryl methyl sites for hydroxylation is 1. The standard InChI is InChI=1S/C11H13Cl2NO3S/c1-7-3-5-9(6-4-7)18(16,17)11(10(12)13)14-8(2)15/h3-6,10-11H,1-2H3,(H,14,15)/t11-/m1/s1. The van der Waals surface area contributed by atoms with Crippen molar-refractivity contribution in [2.75, 3.05) is 0 Å². The number of rotatable bonds is 4. The van der Waals surface area contributed by atoms with E-state index in [1.807, 2.05) is 6.92 Å². The Balaban J connectivity index is 3.16. The summed E-state index contributed by atoms with van der Waals surface area (Å²) in [6, 6.07) is 6.23. The predicted molar refractivity (Wildman–Crippen MR) is 71.5 cm³/mol. The Hall–Kier alpha value is -0.780. The van der Waals surface area contributed by atoms with Gasteiger partial charge in [0.1, 0.15) is 4.84 Å². The average molecular weight is 310 g/mol. The lowest BCUT2D eigenvalue weighted by Crippen LogP contribution is -2.44. The largest absolute Gasteiger partial charge is 0.337 e. The molecule has 0 spiro atoms. The lowest BCUT2D eigenvalue weighted by molar-refractivity contribution is -0.119. The van der Waals surface area contributed by atoms with Crippen LogP contribution in [0.2, 0.25) is 0 Å². The Morgan fingerprint density at radius 2 is 1.72 bits per heavy atom. The highest BCUT2D eigenvalue weighted by Crippen LogP contribution is 2.22. The number of hydrogen-bond donors (Lipinski definition) is 1. The van der Waals surface area contributed by atoms with Gasteiger partial charge in [0.25, 0.3) is 0 Å². The van der Waals surface area contributed by atoms with E-state index in [0.29, 0.717) is 0 Å². The Morgan fingerprint density at radius 1 is 1.22 bits per heavy atom. The highest BCUT2D eigenvalue weighted by molar-refractivity contribution is 7.92. The third-order valence-corrected chi connectivity index (χ3v) is 5.05. The molecule has 100 valence electrons. The summed E-state index contributed by atoms with van der Waals surface area (Å²) in [7, 11) is -3.81. The molecule has 4 nitrogen and oxygen atoms in total. The van der Waals surface area contributed by atoms with Crippen LogP contribution in [-0.4, -0.2) is 24.5 Å². The van der Waals surface area contributed by atoms with Crippen LogP contribution in [0.25, 0.3) is 0 Å². The SMILES string of the molecule is CC(=O)N[C@@H](C(Cl)Cl)S(=O)(=O)c1ccc(C)cc1. The molecule has 0 bridgehead atoms. The second kappa shape index (κ2) is 5.91. The highest BCUT2D eigenvalue weighted by Gasteiger charge is 2.33. The molecular weight excluding hydrogens is 297 g/mol. The third-order valence-electron chi connectivity index (χ3n) is 2.26. The van der Waals surface area contributed by atoms with Crippen molar-refractivity contribution in [1.29, 1.82) is 0 Å². The molecule has 0 unspecified atom stereocenters. The van der Waals surface area contributed by atoms with Crippen LogP contribution in [-0.2, 0) is 14.6 Å². The first-order chi connectivity index (χ1) is 8.25. The zero-order valence-electron chi connectivity index (χ0n) is 9.85. The van der Waals surface area contributed by atoms with Crippen molar-refractivity contribution in [2.24, 2.45) is 0 Å². The van der Waals surface area contributed by atoms with E-state index in [0.717, 1.165) is 5.56 Å². The summed E-state index contributed by atoms with van der Waals surface area (Å²) in [4.78, 5) is 9.82. The lowest BCUT2D eigenvalue weighted by atomic mass is 10.2. The lowest BCUT2D eigenvalue weighted by Gasteiger charge is -2.19. The van der Waals surface area contributed by atoms with Gasteiger partial charge in [-0.25, -0.2) is 8.42 Å². The summed E-state index contributed by atoms with van der Waals surface area (Å²) < 4.78 is 24.5. The molecule has 0 aliphatic heterocycles. The van der Waals surface area contributed by atoms with Gasteiger partial charge in [-0.05, 0) is 19.1 Å². The van der Waals surface area contributed by atoms with Crippen LogP contribution in [0, 0.1) is 6.92 Å². The van der Waals surface area contributed by atoms with Gasteiger partial charge in [-0.15, -0.1) is 23.2 Å². The van der Waals surface area contributed by atoms with Crippen LogP contribution in [0.5, 0.6) is 0 Å². The van der Waals surface area contributed by atoms with Crippen LogP contribution >= 0.6 is 23.2 Å². The molecule has 18 heavy (non-hydrogen) atoms. The highest BCUT2D eigenvalue weighted by atomic mass is 35.5. The third kappa shape index (κ3) is 3.60. The van der Waals surface area contributed by atoms with Crippen LogP contribution in [0.3, 0.4) is 0 Å². The van der Waals surface area contributed by atoms with Crippen molar-refractivity contribution in [1.82, 2.24) is 5.32 Å². The molecule has 1 aromatic rings. The summed E-state index contributed by atoms with van der Waals surface area (Å²) in [6.07, 6.45) is 0. The Kier molecular flexibility index (Phi) is 5.01. The number of carbonyl (C=O) groups is 1. The Labute approximate surface area is 116 Å². The minimum atomic E-state index is -3.81. The quantitative estimate of drug-likeness (QED) is 0.866. The van der Waals surface area contributed by atoms with Gasteiger partial charge < -0.3 is 5.32 Å². The van der Waals surface area contributed by atoms with E-state index in [1.54, 1.807) is 12.1 Å². The molecule has 1 rings (SSSR count). The molecule has 1 amide bonds. The fourth-order valence-corrected chi connectivity index (χ4v) is 3.69. The van der Waals surface area contributed by atoms with E-state index in [9.17, 15) is 13.2 Å². The van der Waals surface area contributed by atoms with Gasteiger partial charge in [0.15, 0.2) is 5.37 Å². The summed E-state index contributed by atoms with van der Waals surface area (Å²) in [5.41, 5.74) is 0.929. The number of amides is 1. The maximum atomic E-state index is 12.2. The molecule has 0 radical (unpaired) electrons. The van der Waals surface area contributed by atoms with Gasteiger partial charge in [-0.1, -0.05) is 17.7 Å². The average Bonchev–Trinajstić information content (AvgIpc) is 2.25. The van der Waals surface area contributed by atoms with Crippen LogP contribution < -0.4 is 5.32 Å². The van der Waals surface area contributed by atoms with Crippen molar-refractivity contribution in [3.8, 4) is 0 Å². The normalized spacial score (nSPS) is 13.4.